The molecule has 0 fully saturated rings. The molecule has 1 aliphatic rings. The maximum atomic E-state index is 12.3. The minimum atomic E-state index is -0.0760. The molecule has 1 N–H and O–H groups in total. The molecule has 1 amide bonds. The van der Waals surface area contributed by atoms with Gasteiger partial charge < -0.3 is 10.2 Å². The summed E-state index contributed by atoms with van der Waals surface area (Å²) in [5.41, 5.74) is 4.83. The lowest BCUT2D eigenvalue weighted by Crippen LogP contribution is -2.13. The van der Waals surface area contributed by atoms with Gasteiger partial charge in [0.25, 0.3) is 5.91 Å². The smallest absolute Gasteiger partial charge is 0.255 e. The van der Waals surface area contributed by atoms with E-state index in [4.69, 9.17) is 0 Å². The monoisotopic (exact) mass is 267 g/mol. The summed E-state index contributed by atoms with van der Waals surface area (Å²) in [4.78, 5) is 18.6. The molecular formula is C16H17N3O. The number of carbonyl (C=O) groups excluding carboxylic acids is 1. The molecule has 0 atom stereocenters. The van der Waals surface area contributed by atoms with E-state index in [2.05, 4.69) is 22.2 Å². The third kappa shape index (κ3) is 2.37. The van der Waals surface area contributed by atoms with Crippen LogP contribution in [0.15, 0.2) is 36.5 Å². The van der Waals surface area contributed by atoms with E-state index in [0.29, 0.717) is 5.56 Å². The molecule has 4 nitrogen and oxygen atoms in total. The van der Waals surface area contributed by atoms with E-state index in [1.165, 1.54) is 11.3 Å². The highest BCUT2D eigenvalue weighted by Crippen LogP contribution is 2.27. The number of aryl methyl sites for hydroxylation is 1. The van der Waals surface area contributed by atoms with Crippen LogP contribution in [0.3, 0.4) is 0 Å². The maximum absolute atomic E-state index is 12.3. The van der Waals surface area contributed by atoms with Crippen LogP contribution in [0.4, 0.5) is 11.4 Å². The predicted octanol–water partition coefficient (Wildman–Crippen LogP) is 2.63. The first kappa shape index (κ1) is 12.7. The Morgan fingerprint density at radius 2 is 2.15 bits per heavy atom. The van der Waals surface area contributed by atoms with Gasteiger partial charge in [-0.1, -0.05) is 0 Å². The highest BCUT2D eigenvalue weighted by Gasteiger charge is 2.17. The molecule has 3 rings (SSSR count). The first-order valence-corrected chi connectivity index (χ1v) is 6.71. The number of nitrogens with one attached hydrogen (secondary N) is 1. The Bertz CT molecular complexity index is 667. The molecule has 0 spiro atoms. The summed E-state index contributed by atoms with van der Waals surface area (Å²) in [6.45, 7) is 2.92. The maximum Gasteiger partial charge on any atom is 0.255 e. The van der Waals surface area contributed by atoms with Crippen LogP contribution in [0, 0.1) is 6.92 Å². The van der Waals surface area contributed by atoms with Crippen molar-refractivity contribution in [1.82, 2.24) is 4.98 Å². The Hall–Kier alpha value is -2.36. The molecule has 20 heavy (non-hydrogen) atoms. The fourth-order valence-corrected chi connectivity index (χ4v) is 2.53. The molecule has 0 aliphatic carbocycles. The Morgan fingerprint density at radius 3 is 2.95 bits per heavy atom. The number of fused-ring (bicyclic) bond motifs is 1. The zero-order chi connectivity index (χ0) is 14.1. The Morgan fingerprint density at radius 1 is 1.30 bits per heavy atom. The highest BCUT2D eigenvalue weighted by atomic mass is 16.1. The van der Waals surface area contributed by atoms with Crippen LogP contribution in [-0.4, -0.2) is 24.5 Å². The van der Waals surface area contributed by atoms with Gasteiger partial charge in [-0.3, -0.25) is 9.78 Å². The Labute approximate surface area is 118 Å². The summed E-state index contributed by atoms with van der Waals surface area (Å²) in [6.07, 6.45) is 2.70. The molecule has 0 bridgehead atoms. The highest BCUT2D eigenvalue weighted by molar-refractivity contribution is 6.04. The summed E-state index contributed by atoms with van der Waals surface area (Å²) in [5.74, 6) is -0.0760. The lowest BCUT2D eigenvalue weighted by Gasteiger charge is -2.12. The van der Waals surface area contributed by atoms with Crippen molar-refractivity contribution < 1.29 is 4.79 Å². The van der Waals surface area contributed by atoms with Gasteiger partial charge >= 0.3 is 0 Å². The SMILES string of the molecule is Cc1cc(NC(=O)c2ccc3c(c2)CCN3C)ccn1. The van der Waals surface area contributed by atoms with Crippen LogP contribution in [0.1, 0.15) is 21.6 Å². The number of rotatable bonds is 2. The molecule has 102 valence electrons. The average molecular weight is 267 g/mol. The number of pyridine rings is 1. The first-order valence-electron chi connectivity index (χ1n) is 6.71. The van der Waals surface area contributed by atoms with Crippen molar-refractivity contribution >= 4 is 17.3 Å². The minimum absolute atomic E-state index is 0.0760. The Kier molecular flexibility index (Phi) is 3.14. The van der Waals surface area contributed by atoms with E-state index in [9.17, 15) is 4.79 Å². The molecule has 2 heterocycles. The molecule has 4 heteroatoms. The topological polar surface area (TPSA) is 45.2 Å². The van der Waals surface area contributed by atoms with Crippen molar-refractivity contribution in [2.45, 2.75) is 13.3 Å². The van der Waals surface area contributed by atoms with E-state index in [0.717, 1.165) is 24.3 Å². The van der Waals surface area contributed by atoms with E-state index in [1.54, 1.807) is 12.3 Å². The average Bonchev–Trinajstić information content (AvgIpc) is 2.80. The molecule has 0 unspecified atom stereocenters. The lowest BCUT2D eigenvalue weighted by atomic mass is 10.1. The predicted molar refractivity (Wildman–Crippen MR) is 80.3 cm³/mol. The van der Waals surface area contributed by atoms with Crippen LogP contribution in [-0.2, 0) is 6.42 Å². The third-order valence-corrected chi connectivity index (χ3v) is 3.62. The second-order valence-corrected chi connectivity index (χ2v) is 5.16. The standard InChI is InChI=1S/C16H17N3O/c1-11-9-14(5-7-17-11)18-16(20)13-3-4-15-12(10-13)6-8-19(15)2/h3-5,7,9-10H,6,8H2,1-2H3,(H,17,18,20). The van der Waals surface area contributed by atoms with Crippen LogP contribution in [0.25, 0.3) is 0 Å². The number of nitrogens with zero attached hydrogens (tertiary/aromatic N) is 2. The number of amides is 1. The van der Waals surface area contributed by atoms with Crippen molar-refractivity contribution in [3.63, 3.8) is 0 Å². The molecule has 1 aliphatic heterocycles. The quantitative estimate of drug-likeness (QED) is 0.909. The summed E-state index contributed by atoms with van der Waals surface area (Å²) in [6, 6.07) is 9.55. The van der Waals surface area contributed by atoms with Gasteiger partial charge in [0.2, 0.25) is 0 Å². The van der Waals surface area contributed by atoms with E-state index < -0.39 is 0 Å². The number of carbonyl (C=O) groups is 1. The van der Waals surface area contributed by atoms with Crippen molar-refractivity contribution in [3.8, 4) is 0 Å². The number of aromatic nitrogens is 1. The van der Waals surface area contributed by atoms with Crippen LogP contribution >= 0.6 is 0 Å². The molecular weight excluding hydrogens is 250 g/mol. The number of hydrogen-bond donors (Lipinski definition) is 1. The van der Waals surface area contributed by atoms with E-state index in [-0.39, 0.29) is 5.91 Å². The summed E-state index contributed by atoms with van der Waals surface area (Å²) >= 11 is 0. The van der Waals surface area contributed by atoms with Gasteiger partial charge in [-0.05, 0) is 49.2 Å². The molecule has 1 aromatic heterocycles. The van der Waals surface area contributed by atoms with Crippen molar-refractivity contribution in [1.29, 1.82) is 0 Å². The molecule has 0 saturated heterocycles. The summed E-state index contributed by atoms with van der Waals surface area (Å²) in [7, 11) is 2.07. The van der Waals surface area contributed by atoms with Gasteiger partial charge in [0.15, 0.2) is 0 Å². The normalized spacial score (nSPS) is 13.2. The lowest BCUT2D eigenvalue weighted by molar-refractivity contribution is 0.102. The molecule has 0 radical (unpaired) electrons. The van der Waals surface area contributed by atoms with Gasteiger partial charge in [0, 0.05) is 42.4 Å². The Balaban J connectivity index is 1.81. The van der Waals surface area contributed by atoms with Crippen LogP contribution in [0.2, 0.25) is 0 Å². The van der Waals surface area contributed by atoms with E-state index in [1.807, 2.05) is 31.2 Å². The largest absolute Gasteiger partial charge is 0.374 e. The van der Waals surface area contributed by atoms with Gasteiger partial charge in [0.05, 0.1) is 0 Å². The van der Waals surface area contributed by atoms with Crippen molar-refractivity contribution in [3.05, 3.63) is 53.3 Å². The van der Waals surface area contributed by atoms with Gasteiger partial charge in [-0.15, -0.1) is 0 Å². The minimum Gasteiger partial charge on any atom is -0.374 e. The number of hydrogen-bond acceptors (Lipinski definition) is 3. The van der Waals surface area contributed by atoms with Crippen LogP contribution < -0.4 is 10.2 Å². The zero-order valence-corrected chi connectivity index (χ0v) is 11.7. The second-order valence-electron chi connectivity index (χ2n) is 5.16. The summed E-state index contributed by atoms with van der Waals surface area (Å²) < 4.78 is 0. The second kappa shape index (κ2) is 4.96. The van der Waals surface area contributed by atoms with Crippen LogP contribution in [0.5, 0.6) is 0 Å². The molecule has 1 aromatic carbocycles. The van der Waals surface area contributed by atoms with E-state index >= 15 is 0 Å². The first-order chi connectivity index (χ1) is 9.63. The number of anilines is 2. The summed E-state index contributed by atoms with van der Waals surface area (Å²) in [5, 5.41) is 2.91. The fourth-order valence-electron chi connectivity index (χ4n) is 2.53. The van der Waals surface area contributed by atoms with Gasteiger partial charge in [0.1, 0.15) is 0 Å². The van der Waals surface area contributed by atoms with Gasteiger partial charge in [-0.2, -0.15) is 0 Å². The number of likely N-dealkylation sites (N-methyl/N-ethyl adjacent to an activating group) is 1. The molecule has 2 aromatic rings. The van der Waals surface area contributed by atoms with Crippen molar-refractivity contribution in [2.75, 3.05) is 23.8 Å². The van der Waals surface area contributed by atoms with Crippen molar-refractivity contribution in [2.24, 2.45) is 0 Å². The number of benzene rings is 1. The fraction of sp³-hybridized carbons (Fsp3) is 0.250. The third-order valence-electron chi connectivity index (χ3n) is 3.62. The zero-order valence-electron chi connectivity index (χ0n) is 11.7. The van der Waals surface area contributed by atoms with Gasteiger partial charge in [-0.25, -0.2) is 0 Å². The molecule has 0 saturated carbocycles.